The number of hydrogen-bond acceptors (Lipinski definition) is 7. The second-order valence-corrected chi connectivity index (χ2v) is 15.2. The molecular weight excluding hydrogens is 584 g/mol. The monoisotopic (exact) mass is 627 g/mol. The Morgan fingerprint density at radius 3 is 2.36 bits per heavy atom. The van der Waals surface area contributed by atoms with Crippen LogP contribution in [0.5, 0.6) is 0 Å². The van der Waals surface area contributed by atoms with Crippen molar-refractivity contribution in [1.82, 2.24) is 19.4 Å². The summed E-state index contributed by atoms with van der Waals surface area (Å²) in [6.07, 6.45) is 8.17. The van der Waals surface area contributed by atoms with Crippen LogP contribution in [0.25, 0.3) is 11.0 Å². The molecule has 2 saturated heterocycles. The van der Waals surface area contributed by atoms with Gasteiger partial charge in [-0.2, -0.15) is 0 Å². The number of hydrogen-bond donors (Lipinski definition) is 1. The number of halogens is 2. The van der Waals surface area contributed by atoms with Crippen molar-refractivity contribution < 1.29 is 17.2 Å². The number of aromatic nitrogens is 3. The quantitative estimate of drug-likeness (QED) is 0.352. The maximum absolute atomic E-state index is 15.8. The van der Waals surface area contributed by atoms with Crippen molar-refractivity contribution in [3.63, 3.8) is 0 Å². The van der Waals surface area contributed by atoms with E-state index in [1.165, 1.54) is 12.4 Å². The lowest BCUT2D eigenvalue weighted by Gasteiger charge is -2.36. The highest BCUT2D eigenvalue weighted by molar-refractivity contribution is 7.91. The van der Waals surface area contributed by atoms with Gasteiger partial charge >= 0.3 is 0 Å². The molecule has 0 radical (unpaired) electrons. The van der Waals surface area contributed by atoms with E-state index in [0.717, 1.165) is 44.2 Å². The molecule has 2 aromatic heterocycles. The maximum Gasteiger partial charge on any atom is 0.276 e. The lowest BCUT2D eigenvalue weighted by molar-refractivity contribution is -0.0855. The van der Waals surface area contributed by atoms with Gasteiger partial charge in [-0.05, 0) is 88.7 Å². The Bertz CT molecular complexity index is 1640. The zero-order valence-corrected chi connectivity index (χ0v) is 26.3. The molecular formula is C33H43F2N5O3S. The molecule has 7 rings (SSSR count). The van der Waals surface area contributed by atoms with Crippen molar-refractivity contribution in [1.29, 1.82) is 0 Å². The largest absolute Gasteiger partial charge is 0.363 e. The van der Waals surface area contributed by atoms with Crippen LogP contribution in [0.2, 0.25) is 0 Å². The third-order valence-corrected chi connectivity index (χ3v) is 11.7. The highest BCUT2D eigenvalue weighted by atomic mass is 32.2. The van der Waals surface area contributed by atoms with Crippen molar-refractivity contribution in [2.75, 3.05) is 36.5 Å². The van der Waals surface area contributed by atoms with Crippen molar-refractivity contribution in [3.8, 4) is 0 Å². The number of benzene rings is 1. The number of fused-ring (bicyclic) bond motifs is 9. The highest BCUT2D eigenvalue weighted by Crippen LogP contribution is 2.42. The van der Waals surface area contributed by atoms with Gasteiger partial charge in [-0.3, -0.25) is 9.36 Å². The van der Waals surface area contributed by atoms with Crippen molar-refractivity contribution >= 4 is 26.7 Å². The molecule has 0 spiro atoms. The summed E-state index contributed by atoms with van der Waals surface area (Å²) in [4.78, 5) is 25.3. The van der Waals surface area contributed by atoms with Gasteiger partial charge in [0.25, 0.3) is 11.5 Å². The number of alkyl halides is 2. The average molecular weight is 628 g/mol. The number of nitrogens with one attached hydrogen (secondary N) is 1. The van der Waals surface area contributed by atoms with Crippen molar-refractivity contribution in [2.24, 2.45) is 5.92 Å². The van der Waals surface area contributed by atoms with E-state index in [4.69, 9.17) is 0 Å². The number of nitrogens with zero attached hydrogens (tertiary/aromatic N) is 4. The fourth-order valence-electron chi connectivity index (χ4n) is 7.21. The summed E-state index contributed by atoms with van der Waals surface area (Å²) in [5.74, 6) is -3.09. The van der Waals surface area contributed by atoms with E-state index < -0.39 is 21.7 Å². The molecule has 1 N–H and O–H groups in total. The second-order valence-electron chi connectivity index (χ2n) is 12.9. The van der Waals surface area contributed by atoms with Gasteiger partial charge in [-0.25, -0.2) is 27.2 Å². The summed E-state index contributed by atoms with van der Waals surface area (Å²) in [7, 11) is -3.09. The lowest BCUT2D eigenvalue weighted by Crippen LogP contribution is -2.40. The Hall–Kier alpha value is -2.92. The predicted molar refractivity (Wildman–Crippen MR) is 169 cm³/mol. The minimum absolute atomic E-state index is 0.0453. The molecule has 1 atom stereocenters. The zero-order chi connectivity index (χ0) is 30.9. The van der Waals surface area contributed by atoms with Crippen LogP contribution in [-0.4, -0.2) is 59.0 Å². The fraction of sp³-hybridized carbons (Fsp3) is 0.606. The van der Waals surface area contributed by atoms with E-state index in [1.54, 1.807) is 16.7 Å². The van der Waals surface area contributed by atoms with Crippen LogP contribution >= 0.6 is 0 Å². The first-order valence-electron chi connectivity index (χ1n) is 16.2. The van der Waals surface area contributed by atoms with E-state index in [2.05, 4.69) is 20.2 Å². The molecule has 4 aliphatic heterocycles. The van der Waals surface area contributed by atoms with Crippen LogP contribution in [0.1, 0.15) is 93.4 Å². The van der Waals surface area contributed by atoms with E-state index in [-0.39, 0.29) is 34.6 Å². The lowest BCUT2D eigenvalue weighted by atomic mass is 9.85. The van der Waals surface area contributed by atoms with Crippen LogP contribution < -0.4 is 10.9 Å². The zero-order valence-electron chi connectivity index (χ0n) is 25.5. The van der Waals surface area contributed by atoms with Gasteiger partial charge in [0.2, 0.25) is 0 Å². The van der Waals surface area contributed by atoms with Gasteiger partial charge in [0.1, 0.15) is 27.6 Å². The maximum atomic E-state index is 15.8. The Morgan fingerprint density at radius 1 is 0.909 bits per heavy atom. The molecule has 0 aliphatic carbocycles. The van der Waals surface area contributed by atoms with Gasteiger partial charge in [-0.1, -0.05) is 37.5 Å². The minimum Gasteiger partial charge on any atom is -0.363 e. The number of piperidine rings is 1. The first kappa shape index (κ1) is 31.1. The molecule has 6 heterocycles. The summed E-state index contributed by atoms with van der Waals surface area (Å²) >= 11 is 0. The SMILES string of the molecule is C[C@H]1Nc2ncnc3c2cc(C2CCS(=O)(=O)CC2)c(=O)n3CCCCCCCN2CCC(CC2)C(F)(F)c2cccc1c2. The molecule has 4 aliphatic rings. The number of aryl methyl sites for hydroxylation is 1. The van der Waals surface area contributed by atoms with E-state index in [9.17, 15) is 13.2 Å². The molecule has 44 heavy (non-hydrogen) atoms. The van der Waals surface area contributed by atoms with Gasteiger partial charge in [0.05, 0.1) is 16.9 Å². The summed E-state index contributed by atoms with van der Waals surface area (Å²) < 4.78 is 57.7. The van der Waals surface area contributed by atoms with Gasteiger partial charge in [0, 0.05) is 29.6 Å². The van der Waals surface area contributed by atoms with Gasteiger partial charge in [0.15, 0.2) is 0 Å². The Morgan fingerprint density at radius 2 is 1.61 bits per heavy atom. The van der Waals surface area contributed by atoms with Crippen LogP contribution in [0.4, 0.5) is 14.6 Å². The van der Waals surface area contributed by atoms with Crippen LogP contribution in [0.15, 0.2) is 41.5 Å². The normalized spacial score (nSPS) is 26.6. The van der Waals surface area contributed by atoms with Crippen molar-refractivity contribution in [3.05, 3.63) is 63.7 Å². The summed E-state index contributed by atoms with van der Waals surface area (Å²) in [6.45, 7) is 4.77. The van der Waals surface area contributed by atoms with Crippen molar-refractivity contribution in [2.45, 2.75) is 89.1 Å². The van der Waals surface area contributed by atoms with Gasteiger partial charge in [-0.15, -0.1) is 0 Å². The minimum atomic E-state index is -3.09. The first-order chi connectivity index (χ1) is 21.1. The Labute approximate surface area is 258 Å². The number of pyridine rings is 1. The molecule has 3 aromatic rings. The Balaban J connectivity index is 1.39. The highest BCUT2D eigenvalue weighted by Gasteiger charge is 2.42. The Kier molecular flexibility index (Phi) is 9.06. The van der Waals surface area contributed by atoms with E-state index >= 15 is 8.78 Å². The average Bonchev–Trinajstić information content (AvgIpc) is 3.01. The standard InChI is InChI=1S/C33H43F2N5O3S/c1-23-25-8-7-9-27(20-25)33(34,35)26-10-16-39(17-11-26)14-5-3-2-4-6-15-40-31-29(30(38-23)36-22-37-31)21-28(32(40)41)24-12-18-44(42,43)19-13-24/h7-9,20-24,26H,2-6,10-19H2,1H3,(H,36,37,38)/t23-/m1/s1. The molecule has 238 valence electrons. The van der Waals surface area contributed by atoms with Crippen LogP contribution in [0.3, 0.4) is 0 Å². The molecule has 0 unspecified atom stereocenters. The number of anilines is 1. The van der Waals surface area contributed by atoms with E-state index in [0.29, 0.717) is 67.7 Å². The molecule has 11 heteroatoms. The molecule has 8 bridgehead atoms. The third-order valence-electron chi connectivity index (χ3n) is 9.99. The molecule has 1 aromatic carbocycles. The summed E-state index contributed by atoms with van der Waals surface area (Å²) in [5.41, 5.74) is 1.79. The predicted octanol–water partition coefficient (Wildman–Crippen LogP) is 6.02. The molecule has 0 amide bonds. The fourth-order valence-corrected chi connectivity index (χ4v) is 8.71. The molecule has 2 fully saturated rings. The third kappa shape index (κ3) is 6.54. The molecule has 0 saturated carbocycles. The van der Waals surface area contributed by atoms with Crippen LogP contribution in [-0.2, 0) is 22.3 Å². The second kappa shape index (κ2) is 12.8. The smallest absolute Gasteiger partial charge is 0.276 e. The first-order valence-corrected chi connectivity index (χ1v) is 18.0. The van der Waals surface area contributed by atoms with E-state index in [1.807, 2.05) is 19.1 Å². The topological polar surface area (TPSA) is 97.2 Å². The molecule has 8 nitrogen and oxygen atoms in total. The summed E-state index contributed by atoms with van der Waals surface area (Å²) in [6, 6.07) is 8.18. The number of sulfone groups is 1. The summed E-state index contributed by atoms with van der Waals surface area (Å²) in [5, 5.41) is 4.11. The van der Waals surface area contributed by atoms with Crippen LogP contribution in [0, 0.1) is 5.92 Å². The van der Waals surface area contributed by atoms with Gasteiger partial charge < -0.3 is 10.2 Å². The number of rotatable bonds is 1.